The molecule has 0 bridgehead atoms. The van der Waals surface area contributed by atoms with E-state index in [9.17, 15) is 4.79 Å². The molecule has 3 nitrogen and oxygen atoms in total. The van der Waals surface area contributed by atoms with Gasteiger partial charge in [-0.1, -0.05) is 97.8 Å². The molecule has 0 saturated carbocycles. The fraction of sp³-hybridized carbons (Fsp3) is 0.952. The maximum absolute atomic E-state index is 11.7. The van der Waals surface area contributed by atoms with Crippen LogP contribution < -0.4 is 5.32 Å². The third kappa shape index (κ3) is 16.3. The van der Waals surface area contributed by atoms with E-state index < -0.39 is 0 Å². The highest BCUT2D eigenvalue weighted by atomic mass is 16.2. The van der Waals surface area contributed by atoms with Crippen molar-refractivity contribution in [2.24, 2.45) is 0 Å². The van der Waals surface area contributed by atoms with E-state index in [0.717, 1.165) is 26.1 Å². The highest BCUT2D eigenvalue weighted by Crippen LogP contribution is 2.12. The van der Waals surface area contributed by atoms with Crippen LogP contribution in [0.3, 0.4) is 0 Å². The lowest BCUT2D eigenvalue weighted by molar-refractivity contribution is -0.122. The number of hydrogen-bond acceptors (Lipinski definition) is 2. The molecule has 0 fully saturated rings. The van der Waals surface area contributed by atoms with Crippen LogP contribution in [-0.2, 0) is 4.79 Å². The van der Waals surface area contributed by atoms with E-state index in [2.05, 4.69) is 31.0 Å². The molecule has 0 aliphatic rings. The van der Waals surface area contributed by atoms with E-state index in [1.807, 2.05) is 0 Å². The minimum Gasteiger partial charge on any atom is -0.355 e. The summed E-state index contributed by atoms with van der Waals surface area (Å²) in [5.74, 6) is 0.178. The number of likely N-dealkylation sites (N-methyl/N-ethyl adjacent to an activating group) is 1. The van der Waals surface area contributed by atoms with E-state index in [4.69, 9.17) is 0 Å². The molecule has 1 N–H and O–H groups in total. The van der Waals surface area contributed by atoms with Gasteiger partial charge in [-0.05, 0) is 19.5 Å². The summed E-state index contributed by atoms with van der Waals surface area (Å²) in [5, 5.41) is 3.04. The summed E-state index contributed by atoms with van der Waals surface area (Å²) in [4.78, 5) is 13.9. The second kappa shape index (κ2) is 18.8. The van der Waals surface area contributed by atoms with Gasteiger partial charge in [-0.15, -0.1) is 0 Å². The standard InChI is InChI=1S/C21H44N2O/c1-4-7-8-9-10-11-12-13-14-15-16-17-18-19-22-21(24)20-23(5-2)6-3/h4-20H2,1-3H3,(H,22,24). The van der Waals surface area contributed by atoms with Crippen molar-refractivity contribution in [2.75, 3.05) is 26.2 Å². The van der Waals surface area contributed by atoms with E-state index in [1.165, 1.54) is 77.0 Å². The van der Waals surface area contributed by atoms with E-state index >= 15 is 0 Å². The maximum Gasteiger partial charge on any atom is 0.234 e. The fourth-order valence-electron chi connectivity index (χ4n) is 3.08. The Morgan fingerprint density at radius 2 is 1.08 bits per heavy atom. The van der Waals surface area contributed by atoms with E-state index in [1.54, 1.807) is 0 Å². The molecule has 1 amide bonds. The van der Waals surface area contributed by atoms with Gasteiger partial charge in [0.2, 0.25) is 5.91 Å². The third-order valence-electron chi connectivity index (χ3n) is 4.86. The van der Waals surface area contributed by atoms with Gasteiger partial charge in [0, 0.05) is 6.54 Å². The molecule has 0 aromatic heterocycles. The molecule has 0 aromatic carbocycles. The van der Waals surface area contributed by atoms with Crippen molar-refractivity contribution in [3.8, 4) is 0 Å². The maximum atomic E-state index is 11.7. The monoisotopic (exact) mass is 340 g/mol. The van der Waals surface area contributed by atoms with Crippen LogP contribution in [-0.4, -0.2) is 37.0 Å². The summed E-state index contributed by atoms with van der Waals surface area (Å²) in [7, 11) is 0. The molecule has 0 aliphatic carbocycles. The Balaban J connectivity index is 3.18. The molecule has 0 atom stereocenters. The van der Waals surface area contributed by atoms with Gasteiger partial charge in [0.25, 0.3) is 0 Å². The van der Waals surface area contributed by atoms with Crippen molar-refractivity contribution >= 4 is 5.91 Å². The summed E-state index contributed by atoms with van der Waals surface area (Å²) >= 11 is 0. The molecule has 0 radical (unpaired) electrons. The van der Waals surface area contributed by atoms with Crippen LogP contribution >= 0.6 is 0 Å². The fourth-order valence-corrected chi connectivity index (χ4v) is 3.08. The predicted octanol–water partition coefficient (Wildman–Crippen LogP) is 5.54. The normalized spacial score (nSPS) is 11.2. The molecular formula is C21H44N2O. The molecule has 0 spiro atoms. The highest BCUT2D eigenvalue weighted by molar-refractivity contribution is 5.77. The Labute approximate surface area is 152 Å². The first kappa shape index (κ1) is 23.4. The molecule has 0 aliphatic heterocycles. The number of carbonyl (C=O) groups excluding carboxylic acids is 1. The number of carbonyl (C=O) groups is 1. The van der Waals surface area contributed by atoms with Crippen molar-refractivity contribution in [1.29, 1.82) is 0 Å². The van der Waals surface area contributed by atoms with Crippen molar-refractivity contribution in [3.63, 3.8) is 0 Å². The number of nitrogens with zero attached hydrogens (tertiary/aromatic N) is 1. The largest absolute Gasteiger partial charge is 0.355 e. The van der Waals surface area contributed by atoms with Gasteiger partial charge in [-0.25, -0.2) is 0 Å². The van der Waals surface area contributed by atoms with Crippen LogP contribution in [0, 0.1) is 0 Å². The van der Waals surface area contributed by atoms with Crippen LogP contribution in [0.2, 0.25) is 0 Å². The molecule has 144 valence electrons. The van der Waals surface area contributed by atoms with Crippen LogP contribution in [0.1, 0.15) is 104 Å². The zero-order valence-electron chi connectivity index (χ0n) is 16.9. The lowest BCUT2D eigenvalue weighted by Gasteiger charge is -2.17. The number of rotatable bonds is 18. The number of amides is 1. The summed E-state index contributed by atoms with van der Waals surface area (Å²) in [6.45, 7) is 9.77. The smallest absolute Gasteiger partial charge is 0.234 e. The Bertz CT molecular complexity index is 265. The molecule has 0 rings (SSSR count). The molecule has 0 heterocycles. The average molecular weight is 341 g/mol. The first-order valence-corrected chi connectivity index (χ1v) is 10.7. The zero-order chi connectivity index (χ0) is 17.9. The van der Waals surface area contributed by atoms with E-state index in [0.29, 0.717) is 6.54 Å². The minimum atomic E-state index is 0.178. The first-order chi connectivity index (χ1) is 11.7. The molecule has 0 saturated heterocycles. The number of unbranched alkanes of at least 4 members (excludes halogenated alkanes) is 12. The Kier molecular flexibility index (Phi) is 18.3. The van der Waals surface area contributed by atoms with Gasteiger partial charge < -0.3 is 5.32 Å². The zero-order valence-corrected chi connectivity index (χ0v) is 16.9. The van der Waals surface area contributed by atoms with Crippen molar-refractivity contribution in [1.82, 2.24) is 10.2 Å². The second-order valence-corrected chi connectivity index (χ2v) is 7.05. The topological polar surface area (TPSA) is 32.3 Å². The summed E-state index contributed by atoms with van der Waals surface area (Å²) in [6, 6.07) is 0. The van der Waals surface area contributed by atoms with Crippen LogP contribution in [0.5, 0.6) is 0 Å². The molecule has 24 heavy (non-hydrogen) atoms. The van der Waals surface area contributed by atoms with Crippen molar-refractivity contribution < 1.29 is 4.79 Å². The van der Waals surface area contributed by atoms with Crippen molar-refractivity contribution in [2.45, 2.75) is 104 Å². The second-order valence-electron chi connectivity index (χ2n) is 7.05. The van der Waals surface area contributed by atoms with Gasteiger partial charge >= 0.3 is 0 Å². The number of hydrogen-bond donors (Lipinski definition) is 1. The quantitative estimate of drug-likeness (QED) is 0.332. The Morgan fingerprint density at radius 1 is 0.667 bits per heavy atom. The van der Waals surface area contributed by atoms with Crippen LogP contribution in [0.25, 0.3) is 0 Å². The first-order valence-electron chi connectivity index (χ1n) is 10.7. The molecule has 0 unspecified atom stereocenters. The van der Waals surface area contributed by atoms with E-state index in [-0.39, 0.29) is 5.91 Å². The SMILES string of the molecule is CCCCCCCCCCCCCCCNC(=O)CN(CC)CC. The average Bonchev–Trinajstić information content (AvgIpc) is 2.60. The van der Waals surface area contributed by atoms with Crippen molar-refractivity contribution in [3.05, 3.63) is 0 Å². The Morgan fingerprint density at radius 3 is 1.50 bits per heavy atom. The summed E-state index contributed by atoms with van der Waals surface area (Å²) in [6.07, 6.45) is 17.8. The van der Waals surface area contributed by atoms with Gasteiger partial charge in [-0.3, -0.25) is 9.69 Å². The summed E-state index contributed by atoms with van der Waals surface area (Å²) < 4.78 is 0. The van der Waals surface area contributed by atoms with Crippen LogP contribution in [0.4, 0.5) is 0 Å². The van der Waals surface area contributed by atoms with Gasteiger partial charge in [-0.2, -0.15) is 0 Å². The van der Waals surface area contributed by atoms with Gasteiger partial charge in [0.15, 0.2) is 0 Å². The third-order valence-corrected chi connectivity index (χ3v) is 4.86. The lowest BCUT2D eigenvalue weighted by Crippen LogP contribution is -2.37. The predicted molar refractivity (Wildman–Crippen MR) is 106 cm³/mol. The minimum absolute atomic E-state index is 0.178. The molecule has 0 aromatic rings. The highest BCUT2D eigenvalue weighted by Gasteiger charge is 2.05. The van der Waals surface area contributed by atoms with Gasteiger partial charge in [0.05, 0.1) is 6.54 Å². The summed E-state index contributed by atoms with van der Waals surface area (Å²) in [5.41, 5.74) is 0. The molecule has 3 heteroatoms. The Hall–Kier alpha value is -0.570. The van der Waals surface area contributed by atoms with Crippen LogP contribution in [0.15, 0.2) is 0 Å². The molecular weight excluding hydrogens is 296 g/mol. The lowest BCUT2D eigenvalue weighted by atomic mass is 10.0. The van der Waals surface area contributed by atoms with Gasteiger partial charge in [0.1, 0.15) is 0 Å². The number of nitrogens with one attached hydrogen (secondary N) is 1.